The number of methoxy groups -OCH3 is 1. The number of amides is 3. The first-order valence-electron chi connectivity index (χ1n) is 12.8. The van der Waals surface area contributed by atoms with E-state index in [1.165, 1.54) is 18.6 Å². The molecule has 1 aliphatic carbocycles. The van der Waals surface area contributed by atoms with Crippen molar-refractivity contribution in [2.45, 2.75) is 50.6 Å². The van der Waals surface area contributed by atoms with Crippen LogP contribution in [0.2, 0.25) is 0 Å². The van der Waals surface area contributed by atoms with Crippen LogP contribution in [0.4, 0.5) is 18.4 Å². The van der Waals surface area contributed by atoms with E-state index < -0.39 is 35.8 Å². The molecule has 1 heterocycles. The van der Waals surface area contributed by atoms with Gasteiger partial charge in [0.05, 0.1) is 19.2 Å². The summed E-state index contributed by atoms with van der Waals surface area (Å²) in [6.07, 6.45) is 2.40. The van der Waals surface area contributed by atoms with Crippen LogP contribution < -0.4 is 10.6 Å². The summed E-state index contributed by atoms with van der Waals surface area (Å²) in [7, 11) is 1.14. The maximum Gasteiger partial charge on any atom is 0.426 e. The number of nitrogens with zero attached hydrogens (tertiary/aromatic N) is 2. The summed E-state index contributed by atoms with van der Waals surface area (Å²) >= 11 is 0. The smallest absolute Gasteiger partial charge is 0.426 e. The summed E-state index contributed by atoms with van der Waals surface area (Å²) in [6.45, 7) is 1.55. The van der Waals surface area contributed by atoms with Gasteiger partial charge >= 0.3 is 18.1 Å². The number of allylic oxidation sites excluding steroid dienone is 1. The topological polar surface area (TPSA) is 111 Å². The highest BCUT2D eigenvalue weighted by molar-refractivity contribution is 5.95. The second kappa shape index (κ2) is 12.2. The van der Waals surface area contributed by atoms with Crippen molar-refractivity contribution in [3.8, 4) is 0 Å². The van der Waals surface area contributed by atoms with Crippen LogP contribution in [-0.4, -0.2) is 59.5 Å². The Hall–Kier alpha value is -3.99. The molecule has 3 amide bonds. The first kappa shape index (κ1) is 28.0. The van der Waals surface area contributed by atoms with E-state index in [0.717, 1.165) is 54.9 Å². The first-order valence-corrected chi connectivity index (χ1v) is 12.8. The zero-order valence-corrected chi connectivity index (χ0v) is 21.8. The number of esters is 1. The van der Waals surface area contributed by atoms with E-state index in [1.54, 1.807) is 0 Å². The van der Waals surface area contributed by atoms with Gasteiger partial charge < -0.3 is 20.5 Å². The molecule has 1 fully saturated rings. The molecule has 0 spiro atoms. The fourth-order valence-electron chi connectivity index (χ4n) is 5.37. The van der Waals surface area contributed by atoms with Gasteiger partial charge in [0.2, 0.25) is 0 Å². The standard InChI is InChI=1S/C28H32F2N4O5/c1-17-24(26(35)39-2)25(20-10-13-22(29)23(30)16-20)34(27(36)32-17)33(28(37)38)15-14-31-21-11-8-19(9-12-21)18-6-4-3-5-7-18/h3-7,10,13,16,19,21,25,31H,8-9,11-12,14-15H2,1-2H3,(H,32,36)(H,37,38). The lowest BCUT2D eigenvalue weighted by atomic mass is 9.82. The van der Waals surface area contributed by atoms with Crippen LogP contribution in [0.25, 0.3) is 0 Å². The third kappa shape index (κ3) is 6.19. The number of hydrogen-bond acceptors (Lipinski definition) is 5. The molecule has 0 saturated heterocycles. The molecule has 4 rings (SSSR count). The van der Waals surface area contributed by atoms with E-state index in [1.807, 2.05) is 18.2 Å². The van der Waals surface area contributed by atoms with E-state index in [2.05, 4.69) is 22.8 Å². The second-order valence-electron chi connectivity index (χ2n) is 9.70. The molecule has 39 heavy (non-hydrogen) atoms. The van der Waals surface area contributed by atoms with Crippen LogP contribution in [0.1, 0.15) is 55.7 Å². The molecule has 9 nitrogen and oxygen atoms in total. The normalized spacial score (nSPS) is 21.4. The Labute approximate surface area is 225 Å². The minimum Gasteiger partial charge on any atom is -0.466 e. The van der Waals surface area contributed by atoms with Gasteiger partial charge in [0.15, 0.2) is 11.6 Å². The molecule has 1 atom stereocenters. The third-order valence-electron chi connectivity index (χ3n) is 7.32. The molecule has 2 aromatic rings. The van der Waals surface area contributed by atoms with Gasteiger partial charge in [-0.15, -0.1) is 0 Å². The highest BCUT2D eigenvalue weighted by Crippen LogP contribution is 2.36. The second-order valence-corrected chi connectivity index (χ2v) is 9.70. The average molecular weight is 543 g/mol. The minimum atomic E-state index is -1.45. The number of hydrogen-bond donors (Lipinski definition) is 3. The van der Waals surface area contributed by atoms with Crippen LogP contribution in [-0.2, 0) is 9.53 Å². The molecule has 1 saturated carbocycles. The van der Waals surface area contributed by atoms with Gasteiger partial charge in [0.25, 0.3) is 0 Å². The Bertz CT molecular complexity index is 1250. The Balaban J connectivity index is 1.51. The molecule has 2 aromatic carbocycles. The number of carbonyl (C=O) groups excluding carboxylic acids is 2. The van der Waals surface area contributed by atoms with E-state index >= 15 is 0 Å². The fourth-order valence-corrected chi connectivity index (χ4v) is 5.37. The zero-order valence-electron chi connectivity index (χ0n) is 21.8. The Kier molecular flexibility index (Phi) is 8.80. The van der Waals surface area contributed by atoms with Gasteiger partial charge in [0, 0.05) is 18.3 Å². The maximum atomic E-state index is 14.2. The molecule has 0 aromatic heterocycles. The van der Waals surface area contributed by atoms with Gasteiger partial charge in [-0.05, 0) is 61.8 Å². The largest absolute Gasteiger partial charge is 0.466 e. The van der Waals surface area contributed by atoms with Crippen molar-refractivity contribution in [3.63, 3.8) is 0 Å². The number of hydrazine groups is 1. The quantitative estimate of drug-likeness (QED) is 0.418. The summed E-state index contributed by atoms with van der Waals surface area (Å²) in [5.41, 5.74) is 1.36. The van der Waals surface area contributed by atoms with Crippen LogP contribution in [0.3, 0.4) is 0 Å². The van der Waals surface area contributed by atoms with Crippen molar-refractivity contribution in [1.29, 1.82) is 0 Å². The number of benzene rings is 2. The molecule has 11 heteroatoms. The van der Waals surface area contributed by atoms with Gasteiger partial charge in [-0.2, -0.15) is 0 Å². The van der Waals surface area contributed by atoms with E-state index in [-0.39, 0.29) is 36.0 Å². The van der Waals surface area contributed by atoms with Crippen molar-refractivity contribution in [1.82, 2.24) is 20.7 Å². The Morgan fingerprint density at radius 1 is 1.08 bits per heavy atom. The van der Waals surface area contributed by atoms with E-state index in [4.69, 9.17) is 4.74 Å². The average Bonchev–Trinajstić information content (AvgIpc) is 2.93. The van der Waals surface area contributed by atoms with Gasteiger partial charge in [-0.25, -0.2) is 33.2 Å². The van der Waals surface area contributed by atoms with Gasteiger partial charge in [-0.3, -0.25) is 0 Å². The van der Waals surface area contributed by atoms with Crippen molar-refractivity contribution in [3.05, 3.63) is 82.6 Å². The maximum absolute atomic E-state index is 14.2. The molecule has 1 aliphatic heterocycles. The lowest BCUT2D eigenvalue weighted by molar-refractivity contribution is -0.137. The number of carboxylic acid groups (broad SMARTS) is 1. The van der Waals surface area contributed by atoms with Crippen molar-refractivity contribution in [2.24, 2.45) is 0 Å². The van der Waals surface area contributed by atoms with Crippen LogP contribution >= 0.6 is 0 Å². The first-order chi connectivity index (χ1) is 18.7. The Morgan fingerprint density at radius 2 is 1.77 bits per heavy atom. The summed E-state index contributed by atoms with van der Waals surface area (Å²) in [5, 5.41) is 17.5. The number of halogens is 2. The van der Waals surface area contributed by atoms with Crippen molar-refractivity contribution in [2.75, 3.05) is 20.2 Å². The summed E-state index contributed by atoms with van der Waals surface area (Å²) in [6, 6.07) is 11.2. The fraction of sp³-hybridized carbons (Fsp3) is 0.393. The number of rotatable bonds is 8. The minimum absolute atomic E-state index is 0.0157. The molecule has 1 unspecified atom stereocenters. The third-order valence-corrected chi connectivity index (χ3v) is 7.32. The van der Waals surface area contributed by atoms with Gasteiger partial charge in [-0.1, -0.05) is 36.4 Å². The number of nitrogens with one attached hydrogen (secondary N) is 2. The van der Waals surface area contributed by atoms with Crippen molar-refractivity contribution >= 4 is 18.1 Å². The number of urea groups is 1. The molecule has 2 aliphatic rings. The summed E-state index contributed by atoms with van der Waals surface area (Å²) < 4.78 is 32.8. The lowest BCUT2D eigenvalue weighted by Crippen LogP contribution is -2.59. The summed E-state index contributed by atoms with van der Waals surface area (Å²) in [5.74, 6) is -2.67. The molecule has 3 N–H and O–H groups in total. The lowest BCUT2D eigenvalue weighted by Gasteiger charge is -2.42. The van der Waals surface area contributed by atoms with E-state index in [9.17, 15) is 28.3 Å². The number of ether oxygens (including phenoxy) is 1. The Morgan fingerprint density at radius 3 is 2.38 bits per heavy atom. The van der Waals surface area contributed by atoms with Crippen molar-refractivity contribution < 1.29 is 33.0 Å². The van der Waals surface area contributed by atoms with Crippen LogP contribution in [0.5, 0.6) is 0 Å². The zero-order chi connectivity index (χ0) is 28.1. The predicted molar refractivity (Wildman–Crippen MR) is 138 cm³/mol. The van der Waals surface area contributed by atoms with Crippen LogP contribution in [0.15, 0.2) is 59.8 Å². The highest BCUT2D eigenvalue weighted by atomic mass is 19.2. The SMILES string of the molecule is COC(=O)C1=C(C)NC(=O)N(N(CCNC2CCC(c3ccccc3)CC2)C(=O)O)C1c1ccc(F)c(F)c1. The molecule has 0 radical (unpaired) electrons. The van der Waals surface area contributed by atoms with E-state index in [0.29, 0.717) is 5.92 Å². The highest BCUT2D eigenvalue weighted by Gasteiger charge is 2.43. The molecular formula is C28H32F2N4O5. The number of carbonyl (C=O) groups is 3. The predicted octanol–water partition coefficient (Wildman–Crippen LogP) is 4.69. The summed E-state index contributed by atoms with van der Waals surface area (Å²) in [4.78, 5) is 38.2. The molecule has 208 valence electrons. The van der Waals surface area contributed by atoms with Gasteiger partial charge in [0.1, 0.15) is 6.04 Å². The molecular weight excluding hydrogens is 510 g/mol. The monoisotopic (exact) mass is 542 g/mol. The molecule has 0 bridgehead atoms. The van der Waals surface area contributed by atoms with Crippen LogP contribution in [0, 0.1) is 11.6 Å².